The Balaban J connectivity index is 1.56. The lowest BCUT2D eigenvalue weighted by molar-refractivity contribution is -0.133. The van der Waals surface area contributed by atoms with Crippen molar-refractivity contribution in [1.29, 1.82) is 0 Å². The average molecular weight is 449 g/mol. The highest BCUT2D eigenvalue weighted by molar-refractivity contribution is 6.70. The zero-order chi connectivity index (χ0) is 22.2. The van der Waals surface area contributed by atoms with E-state index in [0.717, 1.165) is 23.7 Å². The molecule has 30 heavy (non-hydrogen) atoms. The third-order valence-corrected chi connectivity index (χ3v) is 11.7. The van der Waals surface area contributed by atoms with Gasteiger partial charge in [-0.25, -0.2) is 0 Å². The Morgan fingerprint density at radius 3 is 2.13 bits per heavy atom. The monoisotopic (exact) mass is 448 g/mol. The summed E-state index contributed by atoms with van der Waals surface area (Å²) >= 11 is 0. The molecule has 3 saturated carbocycles. The van der Waals surface area contributed by atoms with Crippen LogP contribution in [0.2, 0.25) is 39.3 Å². The van der Waals surface area contributed by atoms with E-state index >= 15 is 0 Å². The molecule has 4 rings (SSSR count). The van der Waals surface area contributed by atoms with E-state index in [-0.39, 0.29) is 5.60 Å². The van der Waals surface area contributed by atoms with E-state index in [4.69, 9.17) is 8.85 Å². The van der Waals surface area contributed by atoms with Crippen molar-refractivity contribution in [3.8, 4) is 0 Å². The summed E-state index contributed by atoms with van der Waals surface area (Å²) in [6, 6.07) is 0. The van der Waals surface area contributed by atoms with E-state index < -0.39 is 16.6 Å². The molecule has 0 radical (unpaired) electrons. The molecule has 172 valence electrons. The molecule has 3 unspecified atom stereocenters. The summed E-state index contributed by atoms with van der Waals surface area (Å²) in [6.07, 6.45) is 13.2. The first-order valence-corrected chi connectivity index (χ1v) is 19.6. The molecule has 4 aliphatic rings. The van der Waals surface area contributed by atoms with Crippen LogP contribution in [0.15, 0.2) is 11.8 Å². The molecule has 0 heterocycles. The number of hydrogen-bond acceptors (Lipinski definition) is 2. The van der Waals surface area contributed by atoms with Gasteiger partial charge < -0.3 is 8.85 Å². The van der Waals surface area contributed by atoms with Crippen molar-refractivity contribution in [1.82, 2.24) is 0 Å². The van der Waals surface area contributed by atoms with E-state index in [9.17, 15) is 0 Å². The van der Waals surface area contributed by atoms with Crippen molar-refractivity contribution in [3.63, 3.8) is 0 Å². The van der Waals surface area contributed by atoms with E-state index in [1.807, 2.05) is 0 Å². The van der Waals surface area contributed by atoms with Crippen LogP contribution in [0, 0.1) is 34.5 Å². The molecule has 3 fully saturated rings. The second-order valence-electron chi connectivity index (χ2n) is 13.9. The summed E-state index contributed by atoms with van der Waals surface area (Å²) in [6.45, 7) is 21.8. The van der Waals surface area contributed by atoms with Crippen LogP contribution >= 0.6 is 0 Å². The minimum atomic E-state index is -1.55. The Hall–Kier alpha value is -0.0662. The third kappa shape index (κ3) is 3.81. The lowest BCUT2D eigenvalue weighted by Gasteiger charge is -2.61. The van der Waals surface area contributed by atoms with Crippen molar-refractivity contribution in [2.24, 2.45) is 34.5 Å². The molecule has 7 atom stereocenters. The fourth-order valence-corrected chi connectivity index (χ4v) is 11.0. The molecule has 0 aromatic heterocycles. The largest absolute Gasteiger partial charge is 0.548 e. The fourth-order valence-electron chi connectivity index (χ4n) is 8.39. The molecule has 0 N–H and O–H groups in total. The number of rotatable bonds is 4. The van der Waals surface area contributed by atoms with Gasteiger partial charge in [-0.2, -0.15) is 0 Å². The van der Waals surface area contributed by atoms with Crippen LogP contribution < -0.4 is 0 Å². The predicted molar refractivity (Wildman–Crippen MR) is 132 cm³/mol. The smallest absolute Gasteiger partial charge is 0.241 e. The molecule has 0 bridgehead atoms. The summed E-state index contributed by atoms with van der Waals surface area (Å²) in [5.74, 6) is 4.82. The molecule has 0 spiro atoms. The topological polar surface area (TPSA) is 18.5 Å². The average Bonchev–Trinajstić information content (AvgIpc) is 2.83. The highest BCUT2D eigenvalue weighted by Gasteiger charge is 2.64. The van der Waals surface area contributed by atoms with E-state index in [0.29, 0.717) is 10.8 Å². The van der Waals surface area contributed by atoms with Crippen LogP contribution in [0.25, 0.3) is 0 Å². The van der Waals surface area contributed by atoms with Crippen molar-refractivity contribution >= 4 is 16.6 Å². The first-order chi connectivity index (χ1) is 13.7. The van der Waals surface area contributed by atoms with Gasteiger partial charge in [0.25, 0.3) is 0 Å². The quantitative estimate of drug-likeness (QED) is 0.406. The zero-order valence-electron chi connectivity index (χ0n) is 21.4. The Bertz CT molecular complexity index is 705. The Labute approximate surface area is 188 Å². The summed E-state index contributed by atoms with van der Waals surface area (Å²) in [7, 11) is -3.05. The predicted octanol–water partition coefficient (Wildman–Crippen LogP) is 7.98. The molecule has 0 aromatic rings. The van der Waals surface area contributed by atoms with E-state index in [1.54, 1.807) is 0 Å². The highest BCUT2D eigenvalue weighted by atomic mass is 28.4. The lowest BCUT2D eigenvalue weighted by Crippen LogP contribution is -2.57. The molecule has 0 aromatic carbocycles. The maximum atomic E-state index is 6.95. The third-order valence-electron chi connectivity index (χ3n) is 9.78. The van der Waals surface area contributed by atoms with Gasteiger partial charge >= 0.3 is 0 Å². The van der Waals surface area contributed by atoms with Gasteiger partial charge in [0.05, 0.1) is 11.4 Å². The second kappa shape index (κ2) is 7.22. The number of hydrogen-bond donors (Lipinski definition) is 0. The molecule has 2 nitrogen and oxygen atoms in total. The van der Waals surface area contributed by atoms with E-state index in [1.165, 1.54) is 57.1 Å². The number of fused-ring (bicyclic) bond motifs is 5. The Kier molecular flexibility index (Phi) is 5.56. The second-order valence-corrected chi connectivity index (χ2v) is 22.7. The fraction of sp³-hybridized carbons (Fsp3) is 0.923. The normalized spacial score (nSPS) is 46.5. The van der Waals surface area contributed by atoms with Crippen LogP contribution in [0.3, 0.4) is 0 Å². The molecule has 4 aliphatic carbocycles. The minimum absolute atomic E-state index is 0.0929. The molecular weight excluding hydrogens is 400 g/mol. The highest BCUT2D eigenvalue weighted by Crippen LogP contribution is 2.69. The molecule has 0 amide bonds. The van der Waals surface area contributed by atoms with Gasteiger partial charge in [-0.05, 0) is 132 Å². The minimum Gasteiger partial charge on any atom is -0.548 e. The van der Waals surface area contributed by atoms with Crippen LogP contribution in [-0.4, -0.2) is 22.2 Å². The molecular formula is C26H48O2Si2. The van der Waals surface area contributed by atoms with Gasteiger partial charge in [0.2, 0.25) is 8.32 Å². The van der Waals surface area contributed by atoms with Crippen molar-refractivity contribution in [2.75, 3.05) is 0 Å². The maximum absolute atomic E-state index is 6.95. The van der Waals surface area contributed by atoms with E-state index in [2.05, 4.69) is 66.1 Å². The molecule has 4 heteroatoms. The Morgan fingerprint density at radius 1 is 0.833 bits per heavy atom. The molecule has 0 aliphatic heterocycles. The van der Waals surface area contributed by atoms with Crippen molar-refractivity contribution in [3.05, 3.63) is 11.8 Å². The first-order valence-electron chi connectivity index (χ1n) is 12.8. The summed E-state index contributed by atoms with van der Waals surface area (Å²) in [5.41, 5.74) is 0.944. The van der Waals surface area contributed by atoms with Gasteiger partial charge in [0.1, 0.15) is 0 Å². The van der Waals surface area contributed by atoms with Gasteiger partial charge in [0.15, 0.2) is 8.32 Å². The zero-order valence-corrected chi connectivity index (χ0v) is 23.4. The summed E-state index contributed by atoms with van der Waals surface area (Å²) in [5, 5.41) is 0. The first kappa shape index (κ1) is 23.1. The lowest BCUT2D eigenvalue weighted by atomic mass is 9.45. The molecule has 0 saturated heterocycles. The number of allylic oxidation sites excluding steroid dienone is 2. The van der Waals surface area contributed by atoms with Gasteiger partial charge in [0, 0.05) is 6.42 Å². The van der Waals surface area contributed by atoms with Crippen LogP contribution in [0.4, 0.5) is 0 Å². The SMILES string of the molecule is C[C@]12CCC3C(CC[C@@H]4CC(O[Si](C)(C)C)=CC[C@]34C)C1CC[C@]2(C)O[Si](C)(C)C. The van der Waals surface area contributed by atoms with Crippen LogP contribution in [0.5, 0.6) is 0 Å². The summed E-state index contributed by atoms with van der Waals surface area (Å²) < 4.78 is 13.4. The standard InChI is InChI=1S/C26H48O2Si2/c1-24-15-12-20(27-29(4,5)6)18-19(24)10-11-21-22(24)13-16-25(2)23(21)14-17-26(25,3)28-30(7,8)9/h12,19,21-23H,10-11,13-18H2,1-9H3/t19-,21?,22?,23?,24+,25+,26+/m1/s1. The summed E-state index contributed by atoms with van der Waals surface area (Å²) in [4.78, 5) is 0. The Morgan fingerprint density at radius 2 is 1.50 bits per heavy atom. The maximum Gasteiger partial charge on any atom is 0.241 e. The van der Waals surface area contributed by atoms with Gasteiger partial charge in [-0.15, -0.1) is 0 Å². The van der Waals surface area contributed by atoms with Gasteiger partial charge in [-0.1, -0.05) is 13.8 Å². The van der Waals surface area contributed by atoms with Crippen LogP contribution in [0.1, 0.15) is 72.1 Å². The van der Waals surface area contributed by atoms with Crippen molar-refractivity contribution in [2.45, 2.75) is 117 Å². The van der Waals surface area contributed by atoms with Crippen molar-refractivity contribution < 1.29 is 8.85 Å². The van der Waals surface area contributed by atoms with Crippen LogP contribution in [-0.2, 0) is 8.85 Å². The van der Waals surface area contributed by atoms with Gasteiger partial charge in [-0.3, -0.25) is 0 Å².